The van der Waals surface area contributed by atoms with Gasteiger partial charge in [0.15, 0.2) is 0 Å². The first-order valence-electron chi connectivity index (χ1n) is 5.97. The number of hydrogen-bond acceptors (Lipinski definition) is 4. The van der Waals surface area contributed by atoms with E-state index in [0.29, 0.717) is 11.6 Å². The highest BCUT2D eigenvalue weighted by Crippen LogP contribution is 2.30. The van der Waals surface area contributed by atoms with Crippen molar-refractivity contribution < 1.29 is 4.74 Å². The van der Waals surface area contributed by atoms with Gasteiger partial charge in [0.1, 0.15) is 5.75 Å². The number of nitrogens with two attached hydrogens (primary N) is 1. The number of rotatable bonds is 2. The van der Waals surface area contributed by atoms with E-state index in [0.717, 1.165) is 22.3 Å². The van der Waals surface area contributed by atoms with Crippen LogP contribution >= 0.6 is 0 Å². The first kappa shape index (κ1) is 11.5. The van der Waals surface area contributed by atoms with Gasteiger partial charge in [-0.05, 0) is 25.1 Å². The van der Waals surface area contributed by atoms with Crippen LogP contribution < -0.4 is 10.5 Å². The molecule has 0 unspecified atom stereocenters. The zero-order chi connectivity index (χ0) is 13.4. The summed E-state index contributed by atoms with van der Waals surface area (Å²) in [4.78, 5) is 4.28. The van der Waals surface area contributed by atoms with Crippen molar-refractivity contribution in [3.05, 3.63) is 42.2 Å². The van der Waals surface area contributed by atoms with Crippen LogP contribution in [0.3, 0.4) is 0 Å². The number of aryl methyl sites for hydroxylation is 2. The fourth-order valence-corrected chi connectivity index (χ4v) is 2.06. The molecule has 0 saturated carbocycles. The molecule has 0 bridgehead atoms. The van der Waals surface area contributed by atoms with Gasteiger partial charge in [0.25, 0.3) is 0 Å². The van der Waals surface area contributed by atoms with Crippen LogP contribution in [-0.2, 0) is 7.05 Å². The Morgan fingerprint density at radius 2 is 2.11 bits per heavy atom. The van der Waals surface area contributed by atoms with E-state index >= 15 is 0 Å². The maximum Gasteiger partial charge on any atom is 0.217 e. The third kappa shape index (κ3) is 1.99. The summed E-state index contributed by atoms with van der Waals surface area (Å²) >= 11 is 0. The van der Waals surface area contributed by atoms with Crippen molar-refractivity contribution in [1.82, 2.24) is 14.8 Å². The molecule has 3 rings (SSSR count). The van der Waals surface area contributed by atoms with E-state index in [1.54, 1.807) is 10.9 Å². The second-order valence-electron chi connectivity index (χ2n) is 4.40. The van der Waals surface area contributed by atoms with Crippen LogP contribution in [0.25, 0.3) is 10.9 Å². The van der Waals surface area contributed by atoms with Crippen molar-refractivity contribution in [2.45, 2.75) is 6.92 Å². The number of pyridine rings is 1. The molecule has 5 nitrogen and oxygen atoms in total. The summed E-state index contributed by atoms with van der Waals surface area (Å²) in [5.74, 6) is 1.41. The van der Waals surface area contributed by atoms with Crippen molar-refractivity contribution in [2.24, 2.45) is 7.05 Å². The van der Waals surface area contributed by atoms with E-state index in [-0.39, 0.29) is 0 Å². The van der Waals surface area contributed by atoms with Gasteiger partial charge in [-0.15, -0.1) is 0 Å². The number of nitrogens with zero attached hydrogens (tertiary/aromatic N) is 3. The largest absolute Gasteiger partial charge is 0.439 e. The summed E-state index contributed by atoms with van der Waals surface area (Å²) in [5.41, 5.74) is 8.22. The molecule has 0 aliphatic heterocycles. The molecule has 0 atom stereocenters. The van der Waals surface area contributed by atoms with Gasteiger partial charge in [-0.3, -0.25) is 4.98 Å². The van der Waals surface area contributed by atoms with Crippen LogP contribution in [0.15, 0.2) is 36.5 Å². The van der Waals surface area contributed by atoms with Crippen molar-refractivity contribution >= 4 is 16.6 Å². The first-order chi connectivity index (χ1) is 9.15. The van der Waals surface area contributed by atoms with Gasteiger partial charge in [-0.25, -0.2) is 4.68 Å². The molecule has 0 aliphatic carbocycles. The third-order valence-electron chi connectivity index (χ3n) is 2.94. The Kier molecular flexibility index (Phi) is 2.59. The molecule has 0 spiro atoms. The molecule has 0 radical (unpaired) electrons. The van der Waals surface area contributed by atoms with Gasteiger partial charge in [0.2, 0.25) is 5.88 Å². The molecule has 5 heteroatoms. The summed E-state index contributed by atoms with van der Waals surface area (Å²) in [6.07, 6.45) is 1.69. The fourth-order valence-electron chi connectivity index (χ4n) is 2.06. The quantitative estimate of drug-likeness (QED) is 0.714. The monoisotopic (exact) mass is 254 g/mol. The average Bonchev–Trinajstić information content (AvgIpc) is 2.69. The molecule has 2 aromatic heterocycles. The molecule has 19 heavy (non-hydrogen) atoms. The van der Waals surface area contributed by atoms with Gasteiger partial charge in [0, 0.05) is 24.7 Å². The van der Waals surface area contributed by atoms with Crippen molar-refractivity contribution in [3.8, 4) is 11.6 Å². The van der Waals surface area contributed by atoms with E-state index in [9.17, 15) is 0 Å². The second-order valence-corrected chi connectivity index (χ2v) is 4.40. The summed E-state index contributed by atoms with van der Waals surface area (Å²) in [6.45, 7) is 1.93. The predicted molar refractivity (Wildman–Crippen MR) is 74.2 cm³/mol. The highest BCUT2D eigenvalue weighted by Gasteiger charge is 2.09. The second kappa shape index (κ2) is 4.28. The number of hydrogen-bond donors (Lipinski definition) is 1. The third-order valence-corrected chi connectivity index (χ3v) is 2.94. The van der Waals surface area contributed by atoms with E-state index in [1.807, 2.05) is 44.3 Å². The Labute approximate surface area is 110 Å². The molecule has 96 valence electrons. The predicted octanol–water partition coefficient (Wildman–Crippen LogP) is 2.65. The molecule has 0 fully saturated rings. The lowest BCUT2D eigenvalue weighted by atomic mass is 10.2. The zero-order valence-electron chi connectivity index (χ0n) is 10.8. The Balaban J connectivity index is 2.11. The summed E-state index contributed by atoms with van der Waals surface area (Å²) < 4.78 is 7.61. The minimum atomic E-state index is 0.643. The summed E-state index contributed by atoms with van der Waals surface area (Å²) in [5, 5.41) is 5.15. The highest BCUT2D eigenvalue weighted by molar-refractivity contribution is 5.93. The highest BCUT2D eigenvalue weighted by atomic mass is 16.5. The number of para-hydroxylation sites is 1. The summed E-state index contributed by atoms with van der Waals surface area (Å²) in [6, 6.07) is 9.37. The molecule has 2 N–H and O–H groups in total. The van der Waals surface area contributed by atoms with Gasteiger partial charge in [0.05, 0.1) is 16.9 Å². The number of benzene rings is 1. The average molecular weight is 254 g/mol. The SMILES string of the molecule is Cc1cc(Oc2ccnc3c(N)cccc23)n(C)n1. The number of fused-ring (bicyclic) bond motifs is 1. The minimum absolute atomic E-state index is 0.643. The molecule has 1 aromatic carbocycles. The van der Waals surface area contributed by atoms with Gasteiger partial charge < -0.3 is 10.5 Å². The number of anilines is 1. The van der Waals surface area contributed by atoms with Crippen LogP contribution in [0.1, 0.15) is 5.69 Å². The van der Waals surface area contributed by atoms with Crippen LogP contribution in [0, 0.1) is 6.92 Å². The molecule has 3 aromatic rings. The van der Waals surface area contributed by atoms with E-state index < -0.39 is 0 Å². The smallest absolute Gasteiger partial charge is 0.217 e. The fraction of sp³-hybridized carbons (Fsp3) is 0.143. The van der Waals surface area contributed by atoms with Crippen LogP contribution in [0.2, 0.25) is 0 Å². The van der Waals surface area contributed by atoms with Gasteiger partial charge >= 0.3 is 0 Å². The topological polar surface area (TPSA) is 66.0 Å². The Hall–Kier alpha value is -2.56. The number of aromatic nitrogens is 3. The first-order valence-corrected chi connectivity index (χ1v) is 5.97. The Morgan fingerprint density at radius 1 is 1.26 bits per heavy atom. The maximum absolute atomic E-state index is 5.92. The van der Waals surface area contributed by atoms with E-state index in [4.69, 9.17) is 10.5 Å². The summed E-state index contributed by atoms with van der Waals surface area (Å²) in [7, 11) is 1.85. The molecular formula is C14H14N4O. The zero-order valence-corrected chi connectivity index (χ0v) is 10.8. The van der Waals surface area contributed by atoms with Gasteiger partial charge in [-0.2, -0.15) is 5.10 Å². The number of nitrogen functional groups attached to an aromatic ring is 1. The lowest BCUT2D eigenvalue weighted by Gasteiger charge is -2.09. The number of ether oxygens (including phenoxy) is 1. The molecule has 0 amide bonds. The minimum Gasteiger partial charge on any atom is -0.439 e. The maximum atomic E-state index is 5.92. The lowest BCUT2D eigenvalue weighted by molar-refractivity contribution is 0.434. The van der Waals surface area contributed by atoms with Crippen molar-refractivity contribution in [3.63, 3.8) is 0 Å². The molecule has 0 aliphatic rings. The van der Waals surface area contributed by atoms with Gasteiger partial charge in [-0.1, -0.05) is 6.07 Å². The molecule has 2 heterocycles. The van der Waals surface area contributed by atoms with Crippen LogP contribution in [-0.4, -0.2) is 14.8 Å². The molecule has 0 saturated heterocycles. The van der Waals surface area contributed by atoms with Crippen molar-refractivity contribution in [1.29, 1.82) is 0 Å². The van der Waals surface area contributed by atoms with Crippen LogP contribution in [0.5, 0.6) is 11.6 Å². The molecular weight excluding hydrogens is 240 g/mol. The Bertz CT molecular complexity index is 748. The Morgan fingerprint density at radius 3 is 2.84 bits per heavy atom. The van der Waals surface area contributed by atoms with Crippen molar-refractivity contribution in [2.75, 3.05) is 5.73 Å². The van der Waals surface area contributed by atoms with E-state index in [2.05, 4.69) is 10.1 Å². The normalized spacial score (nSPS) is 10.8. The van der Waals surface area contributed by atoms with E-state index in [1.165, 1.54) is 0 Å². The lowest BCUT2D eigenvalue weighted by Crippen LogP contribution is -1.96. The van der Waals surface area contributed by atoms with Crippen LogP contribution in [0.4, 0.5) is 5.69 Å². The standard InChI is InChI=1S/C14H14N4O/c1-9-8-13(18(2)17-9)19-12-6-7-16-14-10(12)4-3-5-11(14)15/h3-8H,15H2,1-2H3.